The quantitative estimate of drug-likeness (QED) is 0.867. The number of nitrogens with one attached hydrogen (secondary N) is 1. The van der Waals surface area contributed by atoms with Crippen LogP contribution in [-0.4, -0.2) is 4.98 Å². The summed E-state index contributed by atoms with van der Waals surface area (Å²) in [5.74, 6) is 0.543. The predicted molar refractivity (Wildman–Crippen MR) is 79.8 cm³/mol. The number of benzene rings is 1. The molecule has 0 aliphatic heterocycles. The third kappa shape index (κ3) is 3.65. The van der Waals surface area contributed by atoms with Crippen LogP contribution in [0.1, 0.15) is 44.0 Å². The summed E-state index contributed by atoms with van der Waals surface area (Å²) in [6.07, 6.45) is 3.74. The molecule has 0 aliphatic rings. The molecule has 2 atom stereocenters. The third-order valence-corrected chi connectivity index (χ3v) is 3.44. The number of aromatic nitrogens is 1. The summed E-state index contributed by atoms with van der Waals surface area (Å²) < 4.78 is 0. The minimum atomic E-state index is 0.293. The molecule has 1 heterocycles. The Morgan fingerprint density at radius 1 is 0.895 bits per heavy atom. The highest BCUT2D eigenvalue weighted by Gasteiger charge is 2.18. The maximum Gasteiger partial charge on any atom is 0.0348 e. The fourth-order valence-corrected chi connectivity index (χ4v) is 2.33. The van der Waals surface area contributed by atoms with Crippen LogP contribution in [0.5, 0.6) is 0 Å². The fourth-order valence-electron chi connectivity index (χ4n) is 2.33. The second-order valence-electron chi connectivity index (χ2n) is 5.31. The molecule has 2 rings (SSSR count). The highest BCUT2D eigenvalue weighted by Crippen LogP contribution is 2.25. The van der Waals surface area contributed by atoms with Gasteiger partial charge in [0, 0.05) is 24.5 Å². The third-order valence-electron chi connectivity index (χ3n) is 3.44. The van der Waals surface area contributed by atoms with Crippen molar-refractivity contribution in [2.75, 3.05) is 0 Å². The maximum atomic E-state index is 4.19. The molecule has 100 valence electrons. The van der Waals surface area contributed by atoms with Crippen molar-refractivity contribution in [2.45, 2.75) is 32.9 Å². The highest BCUT2D eigenvalue weighted by molar-refractivity contribution is 5.21. The molecule has 0 amide bonds. The van der Waals surface area contributed by atoms with Crippen molar-refractivity contribution in [1.82, 2.24) is 10.3 Å². The summed E-state index contributed by atoms with van der Waals surface area (Å²) in [5.41, 5.74) is 2.57. The zero-order valence-corrected chi connectivity index (χ0v) is 11.9. The van der Waals surface area contributed by atoms with Gasteiger partial charge in [-0.1, -0.05) is 50.2 Å². The van der Waals surface area contributed by atoms with E-state index in [-0.39, 0.29) is 0 Å². The Bertz CT molecular complexity index is 479. The Morgan fingerprint density at radius 3 is 2.16 bits per heavy atom. The number of rotatable bonds is 5. The van der Waals surface area contributed by atoms with Crippen LogP contribution < -0.4 is 5.32 Å². The smallest absolute Gasteiger partial charge is 0.0348 e. The van der Waals surface area contributed by atoms with Gasteiger partial charge in [0.05, 0.1) is 0 Å². The van der Waals surface area contributed by atoms with Crippen LogP contribution in [0.15, 0.2) is 54.9 Å². The Morgan fingerprint density at radius 2 is 1.58 bits per heavy atom. The van der Waals surface area contributed by atoms with Gasteiger partial charge in [-0.3, -0.25) is 4.98 Å². The molecule has 2 nitrogen and oxygen atoms in total. The fraction of sp³-hybridized carbons (Fsp3) is 0.353. The van der Waals surface area contributed by atoms with Crippen molar-refractivity contribution in [3.8, 4) is 0 Å². The van der Waals surface area contributed by atoms with Crippen LogP contribution in [0.2, 0.25) is 0 Å². The summed E-state index contributed by atoms with van der Waals surface area (Å²) in [6.45, 7) is 6.69. The molecule has 0 aliphatic carbocycles. The minimum absolute atomic E-state index is 0.293. The van der Waals surface area contributed by atoms with E-state index in [0.29, 0.717) is 18.0 Å². The second kappa shape index (κ2) is 6.48. The molecule has 2 heteroatoms. The van der Waals surface area contributed by atoms with Crippen LogP contribution >= 0.6 is 0 Å². The van der Waals surface area contributed by atoms with Crippen LogP contribution in [0.25, 0.3) is 0 Å². The van der Waals surface area contributed by atoms with Gasteiger partial charge < -0.3 is 5.32 Å². The molecule has 2 aromatic rings. The van der Waals surface area contributed by atoms with E-state index in [2.05, 4.69) is 67.5 Å². The largest absolute Gasteiger partial charge is 0.303 e. The first-order valence-corrected chi connectivity index (χ1v) is 6.89. The molecule has 1 aromatic heterocycles. The summed E-state index contributed by atoms with van der Waals surface area (Å²) >= 11 is 0. The molecule has 1 unspecified atom stereocenters. The Labute approximate surface area is 115 Å². The molecule has 0 radical (unpaired) electrons. The summed E-state index contributed by atoms with van der Waals surface area (Å²) in [7, 11) is 0. The van der Waals surface area contributed by atoms with E-state index in [1.807, 2.05) is 18.5 Å². The van der Waals surface area contributed by atoms with Crippen molar-refractivity contribution >= 4 is 0 Å². The van der Waals surface area contributed by atoms with Crippen molar-refractivity contribution in [1.29, 1.82) is 0 Å². The van der Waals surface area contributed by atoms with E-state index < -0.39 is 0 Å². The van der Waals surface area contributed by atoms with Gasteiger partial charge in [-0.25, -0.2) is 0 Å². The first-order valence-electron chi connectivity index (χ1n) is 6.89. The van der Waals surface area contributed by atoms with Gasteiger partial charge >= 0.3 is 0 Å². The molecule has 0 fully saturated rings. The van der Waals surface area contributed by atoms with Crippen LogP contribution in [-0.2, 0) is 0 Å². The molecular weight excluding hydrogens is 232 g/mol. The van der Waals surface area contributed by atoms with Crippen LogP contribution in [0, 0.1) is 5.92 Å². The van der Waals surface area contributed by atoms with Gasteiger partial charge in [0.2, 0.25) is 0 Å². The molecule has 0 saturated carbocycles. The summed E-state index contributed by atoms with van der Waals surface area (Å²) in [5, 5.41) is 3.71. The average Bonchev–Trinajstić information content (AvgIpc) is 2.46. The first kappa shape index (κ1) is 13.8. The minimum Gasteiger partial charge on any atom is -0.303 e. The Hall–Kier alpha value is -1.67. The van der Waals surface area contributed by atoms with Gasteiger partial charge in [0.25, 0.3) is 0 Å². The van der Waals surface area contributed by atoms with Crippen LogP contribution in [0.3, 0.4) is 0 Å². The topological polar surface area (TPSA) is 24.9 Å². The molecular formula is C17H22N2. The number of nitrogens with zero attached hydrogens (tertiary/aromatic N) is 1. The average molecular weight is 254 g/mol. The van der Waals surface area contributed by atoms with E-state index in [0.717, 1.165) is 0 Å². The van der Waals surface area contributed by atoms with E-state index >= 15 is 0 Å². The van der Waals surface area contributed by atoms with E-state index in [9.17, 15) is 0 Å². The highest BCUT2D eigenvalue weighted by atomic mass is 15.0. The Balaban J connectivity index is 2.14. The summed E-state index contributed by atoms with van der Waals surface area (Å²) in [6, 6.07) is 15.4. The van der Waals surface area contributed by atoms with Crippen molar-refractivity contribution < 1.29 is 0 Å². The Kier molecular flexibility index (Phi) is 4.69. The lowest BCUT2D eigenvalue weighted by molar-refractivity contribution is 0.374. The zero-order valence-electron chi connectivity index (χ0n) is 11.9. The number of pyridine rings is 1. The predicted octanol–water partition coefficient (Wildman–Crippen LogP) is 4.13. The normalized spacial score (nSPS) is 14.3. The van der Waals surface area contributed by atoms with Crippen molar-refractivity contribution in [2.24, 2.45) is 5.92 Å². The standard InChI is InChI=1S/C17H22N2/c1-13(2)17(15-8-5-4-6-9-15)19-14(3)16-10-7-11-18-12-16/h4-14,17,19H,1-3H3/t14-,17?/m1/s1. The lowest BCUT2D eigenvalue weighted by atomic mass is 9.94. The lowest BCUT2D eigenvalue weighted by Crippen LogP contribution is -2.28. The van der Waals surface area contributed by atoms with Crippen molar-refractivity contribution in [3.63, 3.8) is 0 Å². The van der Waals surface area contributed by atoms with Gasteiger partial charge in [-0.15, -0.1) is 0 Å². The van der Waals surface area contributed by atoms with Gasteiger partial charge in [-0.2, -0.15) is 0 Å². The van der Waals surface area contributed by atoms with Gasteiger partial charge in [-0.05, 0) is 30.0 Å². The molecule has 0 bridgehead atoms. The van der Waals surface area contributed by atoms with Gasteiger partial charge in [0.15, 0.2) is 0 Å². The molecule has 0 spiro atoms. The van der Waals surface area contributed by atoms with Crippen molar-refractivity contribution in [3.05, 3.63) is 66.0 Å². The second-order valence-corrected chi connectivity index (χ2v) is 5.31. The maximum absolute atomic E-state index is 4.19. The van der Waals surface area contributed by atoms with Crippen LogP contribution in [0.4, 0.5) is 0 Å². The van der Waals surface area contributed by atoms with E-state index in [1.54, 1.807) is 0 Å². The van der Waals surface area contributed by atoms with E-state index in [1.165, 1.54) is 11.1 Å². The molecule has 1 aromatic carbocycles. The van der Waals surface area contributed by atoms with E-state index in [4.69, 9.17) is 0 Å². The first-order chi connectivity index (χ1) is 9.18. The lowest BCUT2D eigenvalue weighted by Gasteiger charge is -2.27. The summed E-state index contributed by atoms with van der Waals surface area (Å²) in [4.78, 5) is 4.19. The molecule has 1 N–H and O–H groups in total. The van der Waals surface area contributed by atoms with Gasteiger partial charge in [0.1, 0.15) is 0 Å². The molecule has 19 heavy (non-hydrogen) atoms. The number of hydrogen-bond donors (Lipinski definition) is 1. The SMILES string of the molecule is CC(C)C(N[C@H](C)c1cccnc1)c1ccccc1. The monoisotopic (exact) mass is 254 g/mol. The molecule has 0 saturated heterocycles. The zero-order chi connectivity index (χ0) is 13.7. The number of hydrogen-bond acceptors (Lipinski definition) is 2.